The van der Waals surface area contributed by atoms with E-state index >= 15 is 0 Å². The molecule has 0 unspecified atom stereocenters. The van der Waals surface area contributed by atoms with Gasteiger partial charge in [0.05, 0.1) is 6.42 Å². The Hall–Kier alpha value is -2.47. The van der Waals surface area contributed by atoms with Crippen LogP contribution in [-0.2, 0) is 12.8 Å². The number of nitrogens with zero attached hydrogens (tertiary/aromatic N) is 2. The molecule has 2 aromatic carbocycles. The molecule has 0 radical (unpaired) electrons. The van der Waals surface area contributed by atoms with Crippen LogP contribution in [-0.4, -0.2) is 16.1 Å². The van der Waals surface area contributed by atoms with Gasteiger partial charge in [0.2, 0.25) is 5.89 Å². The molecule has 1 heterocycles. The molecule has 5 nitrogen and oxygen atoms in total. The highest BCUT2D eigenvalue weighted by Gasteiger charge is 2.12. The van der Waals surface area contributed by atoms with E-state index in [0.29, 0.717) is 17.9 Å². The lowest BCUT2D eigenvalue weighted by molar-refractivity contribution is 0.102. The van der Waals surface area contributed by atoms with Crippen LogP contribution in [0.2, 0.25) is 0 Å². The summed E-state index contributed by atoms with van der Waals surface area (Å²) in [6.07, 6.45) is 1.54. The molecule has 0 spiro atoms. The number of hydrogen-bond donors (Lipinski definition) is 1. The molecule has 0 aliphatic carbocycles. The second-order valence-corrected chi connectivity index (χ2v) is 6.23. The fraction of sp³-hybridized carbons (Fsp3) is 0.167. The van der Waals surface area contributed by atoms with Crippen molar-refractivity contribution in [1.29, 1.82) is 0 Å². The Bertz CT molecular complexity index is 843. The second-order valence-electron chi connectivity index (χ2n) is 5.31. The molecule has 1 N–H and O–H groups in total. The predicted octanol–water partition coefficient (Wildman–Crippen LogP) is 4.24. The van der Waals surface area contributed by atoms with E-state index in [0.717, 1.165) is 16.5 Å². The number of nitrogens with one attached hydrogen (secondary N) is 1. The average Bonchev–Trinajstić information content (AvgIpc) is 3.02. The summed E-state index contributed by atoms with van der Waals surface area (Å²) in [7, 11) is 0. The number of rotatable bonds is 5. The number of carbonyl (C=O) groups is 1. The largest absolute Gasteiger partial charge is 0.407 e. The van der Waals surface area contributed by atoms with E-state index in [1.807, 2.05) is 18.2 Å². The van der Waals surface area contributed by atoms with Crippen LogP contribution in [0, 0.1) is 0 Å². The Morgan fingerprint density at radius 3 is 2.58 bits per heavy atom. The van der Waals surface area contributed by atoms with Gasteiger partial charge in [0.1, 0.15) is 0 Å². The van der Waals surface area contributed by atoms with Crippen LogP contribution in [0.1, 0.15) is 34.3 Å². The molecule has 6 heteroatoms. The van der Waals surface area contributed by atoms with Crippen LogP contribution in [0.3, 0.4) is 0 Å². The van der Waals surface area contributed by atoms with Gasteiger partial charge in [-0.3, -0.25) is 10.1 Å². The van der Waals surface area contributed by atoms with E-state index in [1.165, 1.54) is 5.56 Å². The molecule has 3 aromatic rings. The molecule has 1 amide bonds. The zero-order chi connectivity index (χ0) is 16.9. The van der Waals surface area contributed by atoms with Gasteiger partial charge in [-0.2, -0.15) is 0 Å². The number of amides is 1. The van der Waals surface area contributed by atoms with Crippen molar-refractivity contribution >= 4 is 27.9 Å². The zero-order valence-corrected chi connectivity index (χ0v) is 14.7. The van der Waals surface area contributed by atoms with E-state index in [2.05, 4.69) is 50.5 Å². The van der Waals surface area contributed by atoms with Gasteiger partial charge in [-0.25, -0.2) is 0 Å². The van der Waals surface area contributed by atoms with E-state index in [9.17, 15) is 4.79 Å². The normalized spacial score (nSPS) is 10.6. The fourth-order valence-corrected chi connectivity index (χ4v) is 2.64. The first-order valence-corrected chi connectivity index (χ1v) is 8.40. The monoisotopic (exact) mass is 385 g/mol. The SMILES string of the molecule is CCc1ccc(Cc2nnc(NC(=O)c3cccc(Br)c3)o2)cc1. The molecule has 0 atom stereocenters. The lowest BCUT2D eigenvalue weighted by Crippen LogP contribution is -2.11. The van der Waals surface area contributed by atoms with Gasteiger partial charge < -0.3 is 4.42 Å². The van der Waals surface area contributed by atoms with Crippen molar-refractivity contribution in [2.24, 2.45) is 0 Å². The smallest absolute Gasteiger partial charge is 0.322 e. The number of carbonyl (C=O) groups excluding carboxylic acids is 1. The van der Waals surface area contributed by atoms with Crippen LogP contribution < -0.4 is 5.32 Å². The van der Waals surface area contributed by atoms with Crippen molar-refractivity contribution in [2.45, 2.75) is 19.8 Å². The van der Waals surface area contributed by atoms with Crippen molar-refractivity contribution in [3.05, 3.63) is 75.6 Å². The number of benzene rings is 2. The number of anilines is 1. The lowest BCUT2D eigenvalue weighted by atomic mass is 10.1. The maximum absolute atomic E-state index is 12.1. The third kappa shape index (κ3) is 4.08. The maximum atomic E-state index is 12.1. The van der Waals surface area contributed by atoms with Gasteiger partial charge in [0, 0.05) is 10.0 Å². The van der Waals surface area contributed by atoms with Gasteiger partial charge in [0.15, 0.2) is 0 Å². The van der Waals surface area contributed by atoms with Crippen LogP contribution in [0.25, 0.3) is 0 Å². The van der Waals surface area contributed by atoms with Crippen molar-refractivity contribution in [1.82, 2.24) is 10.2 Å². The first-order valence-electron chi connectivity index (χ1n) is 7.61. The van der Waals surface area contributed by atoms with Crippen LogP contribution in [0.4, 0.5) is 6.01 Å². The van der Waals surface area contributed by atoms with E-state index in [-0.39, 0.29) is 11.9 Å². The van der Waals surface area contributed by atoms with Gasteiger partial charge in [-0.05, 0) is 35.7 Å². The van der Waals surface area contributed by atoms with E-state index in [1.54, 1.807) is 18.2 Å². The fourth-order valence-electron chi connectivity index (χ4n) is 2.24. The third-order valence-electron chi connectivity index (χ3n) is 3.56. The molecular weight excluding hydrogens is 370 g/mol. The highest BCUT2D eigenvalue weighted by atomic mass is 79.9. The number of hydrogen-bond acceptors (Lipinski definition) is 4. The molecule has 122 valence electrons. The summed E-state index contributed by atoms with van der Waals surface area (Å²) in [5.41, 5.74) is 2.88. The van der Waals surface area contributed by atoms with Crippen LogP contribution >= 0.6 is 15.9 Å². The summed E-state index contributed by atoms with van der Waals surface area (Å²) in [4.78, 5) is 12.1. The summed E-state index contributed by atoms with van der Waals surface area (Å²) >= 11 is 3.34. The van der Waals surface area contributed by atoms with Gasteiger partial charge in [-0.1, -0.05) is 58.3 Å². The Morgan fingerprint density at radius 2 is 1.88 bits per heavy atom. The molecule has 0 aliphatic rings. The number of halogens is 1. The van der Waals surface area contributed by atoms with E-state index < -0.39 is 0 Å². The Labute approximate surface area is 148 Å². The Morgan fingerprint density at radius 1 is 1.12 bits per heavy atom. The molecule has 0 saturated carbocycles. The Balaban J connectivity index is 1.65. The minimum absolute atomic E-state index is 0.0974. The minimum atomic E-state index is -0.293. The minimum Gasteiger partial charge on any atom is -0.407 e. The number of aromatic nitrogens is 2. The molecule has 0 bridgehead atoms. The van der Waals surface area contributed by atoms with Gasteiger partial charge in [0.25, 0.3) is 5.91 Å². The van der Waals surface area contributed by atoms with Crippen molar-refractivity contribution in [2.75, 3.05) is 5.32 Å². The molecule has 0 aliphatic heterocycles. The first kappa shape index (κ1) is 16.4. The molecule has 0 fully saturated rings. The molecule has 0 saturated heterocycles. The summed E-state index contributed by atoms with van der Waals surface area (Å²) in [6.45, 7) is 2.12. The summed E-state index contributed by atoms with van der Waals surface area (Å²) in [5, 5.41) is 10.5. The molecule has 24 heavy (non-hydrogen) atoms. The summed E-state index contributed by atoms with van der Waals surface area (Å²) in [5.74, 6) is 0.169. The zero-order valence-electron chi connectivity index (χ0n) is 13.1. The standard InChI is InChI=1S/C18H16BrN3O2/c1-2-12-6-8-13(9-7-12)10-16-21-22-18(24-16)20-17(23)14-4-3-5-15(19)11-14/h3-9,11H,2,10H2,1H3,(H,20,22,23). The topological polar surface area (TPSA) is 68.0 Å². The maximum Gasteiger partial charge on any atom is 0.322 e. The molecule has 1 aromatic heterocycles. The molecule has 3 rings (SSSR count). The second kappa shape index (κ2) is 7.40. The highest BCUT2D eigenvalue weighted by molar-refractivity contribution is 9.10. The predicted molar refractivity (Wildman–Crippen MR) is 95.0 cm³/mol. The van der Waals surface area contributed by atoms with Gasteiger partial charge >= 0.3 is 6.01 Å². The quantitative estimate of drug-likeness (QED) is 0.712. The summed E-state index contributed by atoms with van der Waals surface area (Å²) < 4.78 is 6.33. The van der Waals surface area contributed by atoms with E-state index in [4.69, 9.17) is 4.42 Å². The van der Waals surface area contributed by atoms with Crippen molar-refractivity contribution in [3.63, 3.8) is 0 Å². The average molecular weight is 386 g/mol. The Kier molecular flexibility index (Phi) is 5.05. The highest BCUT2D eigenvalue weighted by Crippen LogP contribution is 2.15. The lowest BCUT2D eigenvalue weighted by Gasteiger charge is -2.01. The third-order valence-corrected chi connectivity index (χ3v) is 4.05. The van der Waals surface area contributed by atoms with Crippen molar-refractivity contribution < 1.29 is 9.21 Å². The van der Waals surface area contributed by atoms with Crippen LogP contribution in [0.15, 0.2) is 57.4 Å². The van der Waals surface area contributed by atoms with Crippen LogP contribution in [0.5, 0.6) is 0 Å². The van der Waals surface area contributed by atoms with Gasteiger partial charge in [-0.15, -0.1) is 5.10 Å². The first-order chi connectivity index (χ1) is 11.6. The summed E-state index contributed by atoms with van der Waals surface area (Å²) in [6, 6.07) is 15.4. The number of aryl methyl sites for hydroxylation is 1. The van der Waals surface area contributed by atoms with Crippen molar-refractivity contribution in [3.8, 4) is 0 Å². The molecular formula is C18H16BrN3O2.